The lowest BCUT2D eigenvalue weighted by molar-refractivity contribution is 0.0692. The smallest absolute Gasteiger partial charge is 0.336 e. The van der Waals surface area contributed by atoms with E-state index in [1.165, 1.54) is 18.2 Å². The summed E-state index contributed by atoms with van der Waals surface area (Å²) in [6.07, 6.45) is 0. The first-order valence-corrected chi connectivity index (χ1v) is 5.85. The molecule has 96 valence electrons. The number of hydrogen-bond donors (Lipinski definition) is 2. The van der Waals surface area contributed by atoms with Crippen molar-refractivity contribution >= 4 is 29.2 Å². The van der Waals surface area contributed by atoms with Crippen LogP contribution in [-0.2, 0) is 0 Å². The highest BCUT2D eigenvalue weighted by Gasteiger charge is 2.19. The second-order valence-corrected chi connectivity index (χ2v) is 4.19. The zero-order valence-corrected chi connectivity index (χ0v) is 10.5. The fourth-order valence-electron chi connectivity index (χ4n) is 1.65. The number of carboxylic acid groups (broad SMARTS) is 1. The molecule has 0 unspecified atom stereocenters. The van der Waals surface area contributed by atoms with E-state index in [-0.39, 0.29) is 16.1 Å². The molecule has 0 bridgehead atoms. The van der Waals surface area contributed by atoms with Crippen LogP contribution in [0.4, 0.5) is 5.69 Å². The van der Waals surface area contributed by atoms with Gasteiger partial charge in [0.25, 0.3) is 5.91 Å². The van der Waals surface area contributed by atoms with Gasteiger partial charge in [-0.2, -0.15) is 0 Å². The van der Waals surface area contributed by atoms with Gasteiger partial charge in [0.15, 0.2) is 0 Å². The second kappa shape index (κ2) is 5.54. The van der Waals surface area contributed by atoms with Gasteiger partial charge in [0.1, 0.15) is 0 Å². The minimum absolute atomic E-state index is 0.0412. The van der Waals surface area contributed by atoms with Crippen molar-refractivity contribution in [1.82, 2.24) is 0 Å². The molecule has 0 atom stereocenters. The largest absolute Gasteiger partial charge is 0.478 e. The summed E-state index contributed by atoms with van der Waals surface area (Å²) in [6, 6.07) is 13.1. The van der Waals surface area contributed by atoms with Crippen LogP contribution < -0.4 is 5.32 Å². The molecule has 0 heterocycles. The Morgan fingerprint density at radius 3 is 2.32 bits per heavy atom. The Bertz CT molecular complexity index is 626. The molecule has 2 N–H and O–H groups in total. The third-order valence-corrected chi connectivity index (χ3v) is 2.82. The van der Waals surface area contributed by atoms with E-state index in [0.717, 1.165) is 0 Å². The van der Waals surface area contributed by atoms with Gasteiger partial charge in [0, 0.05) is 5.69 Å². The summed E-state index contributed by atoms with van der Waals surface area (Å²) in [5.41, 5.74) is 0.408. The molecule has 2 aromatic carbocycles. The van der Waals surface area contributed by atoms with Crippen molar-refractivity contribution in [2.24, 2.45) is 0 Å². The van der Waals surface area contributed by atoms with Crippen LogP contribution >= 0.6 is 11.6 Å². The first kappa shape index (κ1) is 13.1. The Labute approximate surface area is 114 Å². The zero-order valence-electron chi connectivity index (χ0n) is 9.76. The van der Waals surface area contributed by atoms with Crippen LogP contribution in [0, 0.1) is 0 Å². The minimum atomic E-state index is -1.19. The molecule has 2 aromatic rings. The number of benzene rings is 2. The van der Waals surface area contributed by atoms with E-state index in [4.69, 9.17) is 16.7 Å². The van der Waals surface area contributed by atoms with Crippen molar-refractivity contribution in [3.8, 4) is 0 Å². The van der Waals surface area contributed by atoms with Gasteiger partial charge >= 0.3 is 5.97 Å². The highest BCUT2D eigenvalue weighted by atomic mass is 35.5. The van der Waals surface area contributed by atoms with Crippen molar-refractivity contribution in [2.75, 3.05) is 5.32 Å². The number of nitrogens with one attached hydrogen (secondary N) is 1. The average molecular weight is 276 g/mol. The SMILES string of the molecule is O=C(O)c1cccc(Cl)c1C(=O)Nc1ccccc1. The van der Waals surface area contributed by atoms with Crippen LogP contribution in [-0.4, -0.2) is 17.0 Å². The number of halogens is 1. The van der Waals surface area contributed by atoms with E-state index in [1.807, 2.05) is 6.07 Å². The molecule has 0 radical (unpaired) electrons. The van der Waals surface area contributed by atoms with Gasteiger partial charge in [-0.15, -0.1) is 0 Å². The Morgan fingerprint density at radius 1 is 1.00 bits per heavy atom. The first-order chi connectivity index (χ1) is 9.09. The number of amides is 1. The summed E-state index contributed by atoms with van der Waals surface area (Å²) in [4.78, 5) is 23.2. The van der Waals surface area contributed by atoms with Gasteiger partial charge in [-0.3, -0.25) is 4.79 Å². The third-order valence-electron chi connectivity index (χ3n) is 2.50. The average Bonchev–Trinajstić information content (AvgIpc) is 2.39. The summed E-state index contributed by atoms with van der Waals surface area (Å²) >= 11 is 5.91. The molecule has 0 saturated heterocycles. The molecule has 0 aliphatic carbocycles. The van der Waals surface area contributed by atoms with Gasteiger partial charge in [-0.25, -0.2) is 4.79 Å². The van der Waals surface area contributed by atoms with Crippen LogP contribution in [0.25, 0.3) is 0 Å². The van der Waals surface area contributed by atoms with E-state index in [1.54, 1.807) is 24.3 Å². The lowest BCUT2D eigenvalue weighted by Gasteiger charge is -2.09. The predicted molar refractivity (Wildman–Crippen MR) is 72.8 cm³/mol. The van der Waals surface area contributed by atoms with Crippen molar-refractivity contribution < 1.29 is 14.7 Å². The van der Waals surface area contributed by atoms with E-state index < -0.39 is 11.9 Å². The Balaban J connectivity index is 2.36. The number of anilines is 1. The quantitative estimate of drug-likeness (QED) is 0.903. The summed E-state index contributed by atoms with van der Waals surface area (Å²) in [5, 5.41) is 11.8. The highest BCUT2D eigenvalue weighted by Crippen LogP contribution is 2.21. The van der Waals surface area contributed by atoms with Crippen LogP contribution in [0.5, 0.6) is 0 Å². The van der Waals surface area contributed by atoms with Crippen LogP contribution in [0.1, 0.15) is 20.7 Å². The van der Waals surface area contributed by atoms with Gasteiger partial charge in [-0.1, -0.05) is 35.9 Å². The number of carbonyl (C=O) groups excluding carboxylic acids is 1. The van der Waals surface area contributed by atoms with Crippen molar-refractivity contribution in [3.63, 3.8) is 0 Å². The van der Waals surface area contributed by atoms with Gasteiger partial charge < -0.3 is 10.4 Å². The number of rotatable bonds is 3. The van der Waals surface area contributed by atoms with Crippen molar-refractivity contribution in [1.29, 1.82) is 0 Å². The summed E-state index contributed by atoms with van der Waals surface area (Å²) in [7, 11) is 0. The number of aromatic carboxylic acids is 1. The molecule has 19 heavy (non-hydrogen) atoms. The number of hydrogen-bond acceptors (Lipinski definition) is 2. The third kappa shape index (κ3) is 2.92. The van der Waals surface area contributed by atoms with E-state index in [0.29, 0.717) is 5.69 Å². The number of carbonyl (C=O) groups is 2. The number of para-hydroxylation sites is 1. The van der Waals surface area contributed by atoms with Crippen LogP contribution in [0.3, 0.4) is 0 Å². The van der Waals surface area contributed by atoms with Gasteiger partial charge in [0.2, 0.25) is 0 Å². The normalized spacial score (nSPS) is 9.95. The Kier molecular flexibility index (Phi) is 3.82. The second-order valence-electron chi connectivity index (χ2n) is 3.79. The van der Waals surface area contributed by atoms with Gasteiger partial charge in [0.05, 0.1) is 16.1 Å². The fourth-order valence-corrected chi connectivity index (χ4v) is 1.91. The van der Waals surface area contributed by atoms with Crippen molar-refractivity contribution in [3.05, 3.63) is 64.7 Å². The van der Waals surface area contributed by atoms with E-state index in [2.05, 4.69) is 5.32 Å². The molecule has 0 aliphatic heterocycles. The Morgan fingerprint density at radius 2 is 1.68 bits per heavy atom. The molecule has 2 rings (SSSR count). The predicted octanol–water partition coefficient (Wildman–Crippen LogP) is 3.29. The highest BCUT2D eigenvalue weighted by molar-refractivity contribution is 6.35. The standard InChI is InChI=1S/C14H10ClNO3/c15-11-8-4-7-10(14(18)19)12(11)13(17)16-9-5-2-1-3-6-9/h1-8H,(H,16,17)(H,18,19). The molecule has 0 spiro atoms. The molecule has 1 amide bonds. The van der Waals surface area contributed by atoms with E-state index in [9.17, 15) is 9.59 Å². The maximum absolute atomic E-state index is 12.1. The summed E-state index contributed by atoms with van der Waals surface area (Å²) < 4.78 is 0. The maximum atomic E-state index is 12.1. The fraction of sp³-hybridized carbons (Fsp3) is 0. The summed E-state index contributed by atoms with van der Waals surface area (Å²) in [5.74, 6) is -1.74. The lowest BCUT2D eigenvalue weighted by Crippen LogP contribution is -2.17. The van der Waals surface area contributed by atoms with Crippen LogP contribution in [0.2, 0.25) is 5.02 Å². The zero-order chi connectivity index (χ0) is 13.8. The van der Waals surface area contributed by atoms with Crippen molar-refractivity contribution in [2.45, 2.75) is 0 Å². The Hall–Kier alpha value is -2.33. The van der Waals surface area contributed by atoms with Gasteiger partial charge in [-0.05, 0) is 24.3 Å². The summed E-state index contributed by atoms with van der Waals surface area (Å²) in [6.45, 7) is 0. The molecular formula is C14H10ClNO3. The molecule has 0 fully saturated rings. The molecule has 5 heteroatoms. The monoisotopic (exact) mass is 275 g/mol. The van der Waals surface area contributed by atoms with E-state index >= 15 is 0 Å². The molecular weight excluding hydrogens is 266 g/mol. The minimum Gasteiger partial charge on any atom is -0.478 e. The molecule has 0 aromatic heterocycles. The topological polar surface area (TPSA) is 66.4 Å². The number of carboxylic acids is 1. The lowest BCUT2D eigenvalue weighted by atomic mass is 10.1. The molecule has 4 nitrogen and oxygen atoms in total. The molecule has 0 saturated carbocycles. The first-order valence-electron chi connectivity index (χ1n) is 5.48. The van der Waals surface area contributed by atoms with Crippen LogP contribution in [0.15, 0.2) is 48.5 Å². The molecule has 0 aliphatic rings. The maximum Gasteiger partial charge on any atom is 0.336 e.